The van der Waals surface area contributed by atoms with Crippen LogP contribution in [0.2, 0.25) is 0 Å². The summed E-state index contributed by atoms with van der Waals surface area (Å²) in [5.74, 6) is 0.128. The number of para-hydroxylation sites is 1. The Morgan fingerprint density at radius 3 is 2.97 bits per heavy atom. The van der Waals surface area contributed by atoms with Crippen molar-refractivity contribution in [2.24, 2.45) is 0 Å². The van der Waals surface area contributed by atoms with Crippen LogP contribution >= 0.6 is 0 Å². The predicted octanol–water partition coefficient (Wildman–Crippen LogP) is 0.855. The van der Waals surface area contributed by atoms with E-state index in [0.717, 1.165) is 19.4 Å². The molecule has 0 bridgehead atoms. The fraction of sp³-hybridized carbons (Fsp3) is 0.571. The van der Waals surface area contributed by atoms with Crippen LogP contribution in [-0.2, 0) is 14.3 Å². The zero-order valence-corrected chi connectivity index (χ0v) is 16.4. The van der Waals surface area contributed by atoms with Crippen molar-refractivity contribution in [1.82, 2.24) is 15.5 Å². The van der Waals surface area contributed by atoms with Crippen molar-refractivity contribution in [1.29, 1.82) is 0 Å². The van der Waals surface area contributed by atoms with Crippen molar-refractivity contribution < 1.29 is 23.9 Å². The van der Waals surface area contributed by atoms with Crippen molar-refractivity contribution in [3.05, 3.63) is 29.8 Å². The van der Waals surface area contributed by atoms with Crippen LogP contribution in [0.5, 0.6) is 5.75 Å². The Labute approximate surface area is 169 Å². The van der Waals surface area contributed by atoms with Crippen LogP contribution < -0.4 is 15.4 Å². The summed E-state index contributed by atoms with van der Waals surface area (Å²) >= 11 is 0. The summed E-state index contributed by atoms with van der Waals surface area (Å²) in [6.45, 7) is 2.01. The lowest BCUT2D eigenvalue weighted by Gasteiger charge is -2.32. The third kappa shape index (κ3) is 4.53. The van der Waals surface area contributed by atoms with Gasteiger partial charge >= 0.3 is 0 Å². The Balaban J connectivity index is 1.38. The molecule has 0 unspecified atom stereocenters. The molecule has 0 saturated carbocycles. The average molecular weight is 401 g/mol. The van der Waals surface area contributed by atoms with E-state index < -0.39 is 5.60 Å². The highest BCUT2D eigenvalue weighted by molar-refractivity contribution is 5.97. The molecule has 3 aliphatic rings. The normalized spacial score (nSPS) is 26.9. The SMILES string of the molecule is O=C(CN1CC[C@]2(CCC1=O)CNC(=O)c1ccccc1O2)NC[C@@H]1CCCO1. The number of likely N-dealkylation sites (tertiary alicyclic amines) is 1. The van der Waals surface area contributed by atoms with E-state index in [1.807, 2.05) is 6.07 Å². The number of carbonyl (C=O) groups excluding carboxylic acids is 3. The van der Waals surface area contributed by atoms with Crippen LogP contribution in [0.1, 0.15) is 42.5 Å². The van der Waals surface area contributed by atoms with Gasteiger partial charge < -0.3 is 25.0 Å². The van der Waals surface area contributed by atoms with Gasteiger partial charge in [0.05, 0.1) is 24.8 Å². The molecule has 3 aliphatic heterocycles. The van der Waals surface area contributed by atoms with Gasteiger partial charge in [0.15, 0.2) is 0 Å². The molecule has 0 aliphatic carbocycles. The summed E-state index contributed by atoms with van der Waals surface area (Å²) in [5.41, 5.74) is -0.147. The lowest BCUT2D eigenvalue weighted by Crippen LogP contribution is -2.46. The summed E-state index contributed by atoms with van der Waals surface area (Å²) in [6.07, 6.45) is 3.37. The molecule has 2 N–H and O–H groups in total. The van der Waals surface area contributed by atoms with Crippen LogP contribution in [0.4, 0.5) is 0 Å². The van der Waals surface area contributed by atoms with Gasteiger partial charge in [-0.3, -0.25) is 14.4 Å². The fourth-order valence-electron chi connectivity index (χ4n) is 4.14. The van der Waals surface area contributed by atoms with Crippen LogP contribution in [0, 0.1) is 0 Å². The van der Waals surface area contributed by atoms with Gasteiger partial charge in [-0.25, -0.2) is 0 Å². The van der Waals surface area contributed by atoms with Gasteiger partial charge in [-0.2, -0.15) is 0 Å². The molecule has 0 aromatic heterocycles. The molecule has 2 atom stereocenters. The van der Waals surface area contributed by atoms with E-state index >= 15 is 0 Å². The molecule has 2 saturated heterocycles. The second kappa shape index (κ2) is 8.41. The Morgan fingerprint density at radius 1 is 1.28 bits per heavy atom. The smallest absolute Gasteiger partial charge is 0.255 e. The van der Waals surface area contributed by atoms with Crippen LogP contribution in [0.25, 0.3) is 0 Å². The molecule has 8 heteroatoms. The van der Waals surface area contributed by atoms with Crippen LogP contribution in [0.3, 0.4) is 0 Å². The highest BCUT2D eigenvalue weighted by Gasteiger charge is 2.40. The lowest BCUT2D eigenvalue weighted by atomic mass is 9.94. The molecular formula is C21H27N3O5. The first-order valence-corrected chi connectivity index (χ1v) is 10.3. The maximum atomic E-state index is 12.6. The lowest BCUT2D eigenvalue weighted by molar-refractivity contribution is -0.135. The Hall–Kier alpha value is -2.61. The largest absolute Gasteiger partial charge is 0.485 e. The summed E-state index contributed by atoms with van der Waals surface area (Å²) in [5, 5.41) is 5.79. The third-order valence-electron chi connectivity index (χ3n) is 5.90. The van der Waals surface area contributed by atoms with Gasteiger partial charge in [0.1, 0.15) is 11.4 Å². The van der Waals surface area contributed by atoms with E-state index in [-0.39, 0.29) is 36.8 Å². The number of fused-ring (bicyclic) bond motifs is 1. The average Bonchev–Trinajstić information content (AvgIpc) is 3.15. The summed E-state index contributed by atoms with van der Waals surface area (Å²) in [4.78, 5) is 38.8. The zero-order valence-electron chi connectivity index (χ0n) is 16.4. The van der Waals surface area contributed by atoms with Gasteiger partial charge in [-0.15, -0.1) is 0 Å². The topological polar surface area (TPSA) is 97.0 Å². The second-order valence-corrected chi connectivity index (χ2v) is 7.97. The number of hydrogen-bond donors (Lipinski definition) is 2. The number of nitrogens with one attached hydrogen (secondary N) is 2. The quantitative estimate of drug-likeness (QED) is 0.780. The molecule has 3 heterocycles. The first-order valence-electron chi connectivity index (χ1n) is 10.3. The van der Waals surface area contributed by atoms with Crippen molar-refractivity contribution >= 4 is 17.7 Å². The zero-order chi connectivity index (χ0) is 20.3. The molecular weight excluding hydrogens is 374 g/mol. The van der Waals surface area contributed by atoms with Gasteiger partial charge in [-0.1, -0.05) is 12.1 Å². The molecule has 4 rings (SSSR count). The van der Waals surface area contributed by atoms with Gasteiger partial charge in [0.2, 0.25) is 11.8 Å². The Kier molecular flexibility index (Phi) is 5.71. The highest BCUT2D eigenvalue weighted by Crippen LogP contribution is 2.33. The van der Waals surface area contributed by atoms with E-state index in [9.17, 15) is 14.4 Å². The van der Waals surface area contributed by atoms with Gasteiger partial charge in [0, 0.05) is 32.5 Å². The third-order valence-corrected chi connectivity index (χ3v) is 5.90. The minimum absolute atomic E-state index is 0.0323. The summed E-state index contributed by atoms with van der Waals surface area (Å²) in [6, 6.07) is 7.15. The molecule has 29 heavy (non-hydrogen) atoms. The molecule has 1 aromatic rings. The highest BCUT2D eigenvalue weighted by atomic mass is 16.5. The standard InChI is InChI=1S/C21H27N3O5/c25-18(22-12-15-4-3-11-28-15)13-24-10-9-21(8-7-19(24)26)14-23-20(27)16-5-1-2-6-17(16)29-21/h1-2,5-6,15H,3-4,7-14H2,(H,22,25)(H,23,27)/t15-,21+/m0/s1. The van der Waals surface area contributed by atoms with Crippen molar-refractivity contribution in [2.45, 2.75) is 43.8 Å². The fourth-order valence-corrected chi connectivity index (χ4v) is 4.14. The van der Waals surface area contributed by atoms with Crippen molar-refractivity contribution in [3.63, 3.8) is 0 Å². The van der Waals surface area contributed by atoms with Gasteiger partial charge in [-0.05, 0) is 31.4 Å². The molecule has 0 radical (unpaired) electrons. The molecule has 1 aromatic carbocycles. The molecule has 8 nitrogen and oxygen atoms in total. The predicted molar refractivity (Wildman–Crippen MR) is 105 cm³/mol. The van der Waals surface area contributed by atoms with E-state index in [2.05, 4.69) is 10.6 Å². The molecule has 1 spiro atoms. The van der Waals surface area contributed by atoms with Crippen molar-refractivity contribution in [2.75, 3.05) is 32.8 Å². The summed E-state index contributed by atoms with van der Waals surface area (Å²) in [7, 11) is 0. The Morgan fingerprint density at radius 2 is 2.14 bits per heavy atom. The molecule has 3 amide bonds. The molecule has 156 valence electrons. The number of nitrogens with zero attached hydrogens (tertiary/aromatic N) is 1. The number of hydrogen-bond acceptors (Lipinski definition) is 5. The van der Waals surface area contributed by atoms with Gasteiger partial charge in [0.25, 0.3) is 5.91 Å². The number of ether oxygens (including phenoxy) is 2. The maximum absolute atomic E-state index is 12.6. The van der Waals surface area contributed by atoms with E-state index in [1.165, 1.54) is 0 Å². The van der Waals surface area contributed by atoms with E-state index in [0.29, 0.717) is 43.8 Å². The van der Waals surface area contributed by atoms with Crippen molar-refractivity contribution in [3.8, 4) is 5.75 Å². The maximum Gasteiger partial charge on any atom is 0.255 e. The second-order valence-electron chi connectivity index (χ2n) is 7.97. The number of benzene rings is 1. The number of amides is 3. The minimum atomic E-state index is -0.652. The monoisotopic (exact) mass is 401 g/mol. The first-order chi connectivity index (χ1) is 14.0. The first kappa shape index (κ1) is 19.7. The number of rotatable bonds is 4. The summed E-state index contributed by atoms with van der Waals surface area (Å²) < 4.78 is 11.8. The minimum Gasteiger partial charge on any atom is -0.485 e. The van der Waals surface area contributed by atoms with E-state index in [4.69, 9.17) is 9.47 Å². The van der Waals surface area contributed by atoms with Crippen LogP contribution in [0.15, 0.2) is 24.3 Å². The van der Waals surface area contributed by atoms with E-state index in [1.54, 1.807) is 23.1 Å². The Bertz CT molecular complexity index is 792. The molecule has 2 fully saturated rings. The number of carbonyl (C=O) groups is 3. The van der Waals surface area contributed by atoms with Crippen LogP contribution in [-0.4, -0.2) is 67.1 Å².